The van der Waals surface area contributed by atoms with E-state index in [1.54, 1.807) is 0 Å². The SMILES string of the molecule is CC(C)(C)c1ccc(C2(O)CCCCC2)cc1. The van der Waals surface area contributed by atoms with Gasteiger partial charge in [0.1, 0.15) is 0 Å². The van der Waals surface area contributed by atoms with Gasteiger partial charge in [0.2, 0.25) is 0 Å². The minimum atomic E-state index is -0.561. The van der Waals surface area contributed by atoms with Crippen molar-refractivity contribution in [1.82, 2.24) is 0 Å². The second kappa shape index (κ2) is 4.45. The van der Waals surface area contributed by atoms with Crippen LogP contribution in [0.25, 0.3) is 0 Å². The lowest BCUT2D eigenvalue weighted by Gasteiger charge is -2.33. The van der Waals surface area contributed by atoms with Gasteiger partial charge in [-0.05, 0) is 29.4 Å². The molecule has 1 heteroatoms. The van der Waals surface area contributed by atoms with Crippen LogP contribution in [0, 0.1) is 0 Å². The second-order valence-corrected chi connectivity index (χ2v) is 6.42. The van der Waals surface area contributed by atoms with Crippen LogP contribution in [-0.4, -0.2) is 5.11 Å². The van der Waals surface area contributed by atoms with Crippen LogP contribution in [0.1, 0.15) is 64.0 Å². The van der Waals surface area contributed by atoms with E-state index in [-0.39, 0.29) is 5.41 Å². The smallest absolute Gasteiger partial charge is 0.0896 e. The van der Waals surface area contributed by atoms with Crippen LogP contribution in [0.15, 0.2) is 24.3 Å². The fourth-order valence-electron chi connectivity index (χ4n) is 2.71. The summed E-state index contributed by atoms with van der Waals surface area (Å²) in [4.78, 5) is 0. The fraction of sp³-hybridized carbons (Fsp3) is 0.625. The van der Waals surface area contributed by atoms with E-state index in [9.17, 15) is 5.11 Å². The molecule has 0 bridgehead atoms. The lowest BCUT2D eigenvalue weighted by atomic mass is 9.78. The van der Waals surface area contributed by atoms with Crippen molar-refractivity contribution in [2.75, 3.05) is 0 Å². The molecule has 0 saturated heterocycles. The standard InChI is InChI=1S/C16H24O/c1-15(2,3)13-7-9-14(10-8-13)16(17)11-5-4-6-12-16/h7-10,17H,4-6,11-12H2,1-3H3. The van der Waals surface area contributed by atoms with Crippen LogP contribution in [0.2, 0.25) is 0 Å². The first-order valence-electron chi connectivity index (χ1n) is 6.75. The molecule has 94 valence electrons. The van der Waals surface area contributed by atoms with Gasteiger partial charge in [-0.1, -0.05) is 64.3 Å². The topological polar surface area (TPSA) is 20.2 Å². The molecule has 1 fully saturated rings. The Bertz CT molecular complexity index is 364. The minimum absolute atomic E-state index is 0.188. The van der Waals surface area contributed by atoms with E-state index in [2.05, 4.69) is 45.0 Å². The number of hydrogen-bond acceptors (Lipinski definition) is 1. The summed E-state index contributed by atoms with van der Waals surface area (Å²) in [6.45, 7) is 6.66. The highest BCUT2D eigenvalue weighted by atomic mass is 16.3. The Morgan fingerprint density at radius 2 is 1.47 bits per heavy atom. The predicted octanol–water partition coefficient (Wildman–Crippen LogP) is 4.14. The third-order valence-corrected chi connectivity index (χ3v) is 3.97. The highest BCUT2D eigenvalue weighted by Gasteiger charge is 2.31. The van der Waals surface area contributed by atoms with E-state index < -0.39 is 5.60 Å². The summed E-state index contributed by atoms with van der Waals surface area (Å²) in [7, 11) is 0. The fourth-order valence-corrected chi connectivity index (χ4v) is 2.71. The molecule has 1 nitrogen and oxygen atoms in total. The molecule has 2 rings (SSSR count). The van der Waals surface area contributed by atoms with Gasteiger partial charge >= 0.3 is 0 Å². The Kier molecular flexibility index (Phi) is 3.31. The molecule has 0 atom stereocenters. The van der Waals surface area contributed by atoms with Gasteiger partial charge in [0.15, 0.2) is 0 Å². The van der Waals surface area contributed by atoms with E-state index >= 15 is 0 Å². The summed E-state index contributed by atoms with van der Waals surface area (Å²) in [5.41, 5.74) is 2.06. The van der Waals surface area contributed by atoms with Crippen LogP contribution < -0.4 is 0 Å². The Hall–Kier alpha value is -0.820. The lowest BCUT2D eigenvalue weighted by molar-refractivity contribution is -0.000652. The van der Waals surface area contributed by atoms with Crippen molar-refractivity contribution in [3.05, 3.63) is 35.4 Å². The van der Waals surface area contributed by atoms with Gasteiger partial charge < -0.3 is 5.11 Å². The largest absolute Gasteiger partial charge is 0.385 e. The lowest BCUT2D eigenvalue weighted by Crippen LogP contribution is -2.28. The molecule has 1 aromatic carbocycles. The van der Waals surface area contributed by atoms with Gasteiger partial charge in [0.25, 0.3) is 0 Å². The van der Waals surface area contributed by atoms with Crippen molar-refractivity contribution in [1.29, 1.82) is 0 Å². The Morgan fingerprint density at radius 3 is 1.94 bits per heavy atom. The Balaban J connectivity index is 2.23. The quantitative estimate of drug-likeness (QED) is 0.771. The summed E-state index contributed by atoms with van der Waals surface area (Å²) in [5.74, 6) is 0. The highest BCUT2D eigenvalue weighted by Crippen LogP contribution is 2.37. The van der Waals surface area contributed by atoms with E-state index in [1.807, 2.05) is 0 Å². The maximum absolute atomic E-state index is 10.6. The molecular formula is C16H24O. The summed E-state index contributed by atoms with van der Waals surface area (Å²) in [6.07, 6.45) is 5.40. The van der Waals surface area contributed by atoms with E-state index in [0.29, 0.717) is 0 Å². The zero-order valence-corrected chi connectivity index (χ0v) is 11.3. The van der Waals surface area contributed by atoms with Crippen LogP contribution >= 0.6 is 0 Å². The molecule has 1 aliphatic rings. The summed E-state index contributed by atoms with van der Waals surface area (Å²) in [6, 6.07) is 8.57. The van der Waals surface area contributed by atoms with Crippen molar-refractivity contribution in [3.63, 3.8) is 0 Å². The molecule has 1 N–H and O–H groups in total. The number of rotatable bonds is 1. The van der Waals surface area contributed by atoms with Crippen LogP contribution in [0.3, 0.4) is 0 Å². The van der Waals surface area contributed by atoms with Crippen molar-refractivity contribution in [3.8, 4) is 0 Å². The average molecular weight is 232 g/mol. The predicted molar refractivity (Wildman–Crippen MR) is 72.1 cm³/mol. The minimum Gasteiger partial charge on any atom is -0.385 e. The Labute approximate surface area is 105 Å². The molecule has 0 radical (unpaired) electrons. The van der Waals surface area contributed by atoms with E-state index in [0.717, 1.165) is 31.2 Å². The number of hydrogen-bond donors (Lipinski definition) is 1. The van der Waals surface area contributed by atoms with Gasteiger partial charge in [-0.2, -0.15) is 0 Å². The van der Waals surface area contributed by atoms with Gasteiger partial charge in [0.05, 0.1) is 5.60 Å². The average Bonchev–Trinajstić information content (AvgIpc) is 2.29. The van der Waals surface area contributed by atoms with Crippen molar-refractivity contribution in [2.24, 2.45) is 0 Å². The molecule has 0 aliphatic heterocycles. The molecule has 0 heterocycles. The first-order valence-corrected chi connectivity index (χ1v) is 6.75. The maximum atomic E-state index is 10.6. The van der Waals surface area contributed by atoms with E-state index in [1.165, 1.54) is 12.0 Å². The molecular weight excluding hydrogens is 208 g/mol. The van der Waals surface area contributed by atoms with E-state index in [4.69, 9.17) is 0 Å². The number of aliphatic hydroxyl groups is 1. The van der Waals surface area contributed by atoms with Gasteiger partial charge in [-0.3, -0.25) is 0 Å². The molecule has 0 spiro atoms. The summed E-state index contributed by atoms with van der Waals surface area (Å²) in [5, 5.41) is 10.6. The molecule has 0 unspecified atom stereocenters. The molecule has 0 aromatic heterocycles. The van der Waals surface area contributed by atoms with Crippen LogP contribution in [0.5, 0.6) is 0 Å². The Morgan fingerprint density at radius 1 is 0.941 bits per heavy atom. The first kappa shape index (κ1) is 12.6. The zero-order chi connectivity index (χ0) is 12.5. The van der Waals surface area contributed by atoms with Crippen molar-refractivity contribution in [2.45, 2.75) is 63.9 Å². The molecule has 1 aromatic rings. The van der Waals surface area contributed by atoms with Gasteiger partial charge in [-0.15, -0.1) is 0 Å². The van der Waals surface area contributed by atoms with Crippen molar-refractivity contribution < 1.29 is 5.11 Å². The first-order chi connectivity index (χ1) is 7.92. The van der Waals surface area contributed by atoms with Crippen LogP contribution in [0.4, 0.5) is 0 Å². The molecule has 1 saturated carbocycles. The molecule has 1 aliphatic carbocycles. The highest BCUT2D eigenvalue weighted by molar-refractivity contribution is 5.31. The maximum Gasteiger partial charge on any atom is 0.0896 e. The van der Waals surface area contributed by atoms with Gasteiger partial charge in [-0.25, -0.2) is 0 Å². The normalized spacial score (nSPS) is 20.2. The summed E-state index contributed by atoms with van der Waals surface area (Å²) < 4.78 is 0. The third kappa shape index (κ3) is 2.71. The second-order valence-electron chi connectivity index (χ2n) is 6.42. The van der Waals surface area contributed by atoms with Crippen LogP contribution in [-0.2, 0) is 11.0 Å². The molecule has 17 heavy (non-hydrogen) atoms. The number of benzene rings is 1. The van der Waals surface area contributed by atoms with Gasteiger partial charge in [0, 0.05) is 0 Å². The van der Waals surface area contributed by atoms with Crippen molar-refractivity contribution >= 4 is 0 Å². The zero-order valence-electron chi connectivity index (χ0n) is 11.3. The molecule has 0 amide bonds. The summed E-state index contributed by atoms with van der Waals surface area (Å²) >= 11 is 0. The monoisotopic (exact) mass is 232 g/mol. The third-order valence-electron chi connectivity index (χ3n) is 3.97.